The summed E-state index contributed by atoms with van der Waals surface area (Å²) < 4.78 is 32.1. The summed E-state index contributed by atoms with van der Waals surface area (Å²) in [6, 6.07) is 14.9. The van der Waals surface area contributed by atoms with Crippen molar-refractivity contribution in [2.75, 3.05) is 7.11 Å². The van der Waals surface area contributed by atoms with Gasteiger partial charge in [-0.25, -0.2) is 13.1 Å². The Morgan fingerprint density at radius 1 is 1.08 bits per heavy atom. The molecule has 24 heavy (non-hydrogen) atoms. The van der Waals surface area contributed by atoms with Gasteiger partial charge < -0.3 is 9.72 Å². The number of hydrogen-bond donors (Lipinski definition) is 2. The molecule has 0 spiro atoms. The van der Waals surface area contributed by atoms with Crippen LogP contribution in [0.2, 0.25) is 0 Å². The Bertz CT molecular complexity index is 1030. The maximum absolute atomic E-state index is 12.2. The first kappa shape index (κ1) is 16.2. The molecule has 2 aromatic carbocycles. The van der Waals surface area contributed by atoms with Crippen molar-refractivity contribution >= 4 is 20.9 Å². The predicted molar refractivity (Wildman–Crippen MR) is 91.6 cm³/mol. The first-order valence-corrected chi connectivity index (χ1v) is 8.72. The Morgan fingerprint density at radius 2 is 1.83 bits per heavy atom. The smallest absolute Gasteiger partial charge is 0.252 e. The van der Waals surface area contributed by atoms with Gasteiger partial charge in [0, 0.05) is 23.0 Å². The lowest BCUT2D eigenvalue weighted by atomic mass is 10.1. The Morgan fingerprint density at radius 3 is 2.54 bits per heavy atom. The minimum absolute atomic E-state index is 0.0975. The van der Waals surface area contributed by atoms with Crippen molar-refractivity contribution in [3.05, 3.63) is 70.5 Å². The lowest BCUT2D eigenvalue weighted by molar-refractivity contribution is 0.415. The molecule has 0 atom stereocenters. The zero-order valence-corrected chi connectivity index (χ0v) is 13.8. The van der Waals surface area contributed by atoms with E-state index in [4.69, 9.17) is 4.74 Å². The Balaban J connectivity index is 1.90. The highest BCUT2D eigenvalue weighted by molar-refractivity contribution is 7.89. The molecule has 3 rings (SSSR count). The van der Waals surface area contributed by atoms with Crippen LogP contribution >= 0.6 is 0 Å². The average Bonchev–Trinajstić information content (AvgIpc) is 2.60. The van der Waals surface area contributed by atoms with Gasteiger partial charge >= 0.3 is 0 Å². The SMILES string of the molecule is COc1ccc2[nH]c(=O)c(CNS(=O)(=O)c3ccccc3)cc2c1. The summed E-state index contributed by atoms with van der Waals surface area (Å²) in [5, 5.41) is 0.767. The molecule has 124 valence electrons. The van der Waals surface area contributed by atoms with Crippen LogP contribution in [0.4, 0.5) is 0 Å². The van der Waals surface area contributed by atoms with Crippen LogP contribution in [0, 0.1) is 0 Å². The van der Waals surface area contributed by atoms with E-state index in [1.807, 2.05) is 0 Å². The van der Waals surface area contributed by atoms with E-state index in [-0.39, 0.29) is 17.0 Å². The molecule has 0 fully saturated rings. The van der Waals surface area contributed by atoms with Crippen molar-refractivity contribution in [2.45, 2.75) is 11.4 Å². The molecule has 0 saturated heterocycles. The van der Waals surface area contributed by atoms with Crippen molar-refractivity contribution in [1.29, 1.82) is 0 Å². The van der Waals surface area contributed by atoms with E-state index in [0.717, 1.165) is 5.39 Å². The van der Waals surface area contributed by atoms with Gasteiger partial charge in [0.15, 0.2) is 0 Å². The molecule has 0 aliphatic rings. The predicted octanol–water partition coefficient (Wildman–Crippen LogP) is 2.02. The fourth-order valence-corrected chi connectivity index (χ4v) is 3.37. The van der Waals surface area contributed by atoms with Gasteiger partial charge in [-0.1, -0.05) is 18.2 Å². The zero-order chi connectivity index (χ0) is 17.2. The average molecular weight is 344 g/mol. The van der Waals surface area contributed by atoms with Gasteiger partial charge in [-0.15, -0.1) is 0 Å². The van der Waals surface area contributed by atoms with Crippen molar-refractivity contribution < 1.29 is 13.2 Å². The van der Waals surface area contributed by atoms with Gasteiger partial charge in [-0.3, -0.25) is 4.79 Å². The number of nitrogens with one attached hydrogen (secondary N) is 2. The number of aromatic amines is 1. The van der Waals surface area contributed by atoms with Crippen molar-refractivity contribution in [1.82, 2.24) is 9.71 Å². The van der Waals surface area contributed by atoms with Crippen LogP contribution in [0.5, 0.6) is 5.75 Å². The highest BCUT2D eigenvalue weighted by Gasteiger charge is 2.14. The highest BCUT2D eigenvalue weighted by atomic mass is 32.2. The molecule has 0 aliphatic carbocycles. The van der Waals surface area contributed by atoms with Gasteiger partial charge in [0.2, 0.25) is 10.0 Å². The minimum atomic E-state index is -3.67. The lowest BCUT2D eigenvalue weighted by Gasteiger charge is -2.08. The molecule has 0 saturated carbocycles. The van der Waals surface area contributed by atoms with E-state index in [1.54, 1.807) is 49.6 Å². The third-order valence-electron chi connectivity index (χ3n) is 3.63. The largest absolute Gasteiger partial charge is 0.497 e. The summed E-state index contributed by atoms with van der Waals surface area (Å²) in [4.78, 5) is 15.0. The third-order valence-corrected chi connectivity index (χ3v) is 5.05. The Labute approximate surface area is 139 Å². The van der Waals surface area contributed by atoms with Gasteiger partial charge in [-0.05, 0) is 36.4 Å². The van der Waals surface area contributed by atoms with Crippen molar-refractivity contribution in [2.24, 2.45) is 0 Å². The van der Waals surface area contributed by atoms with E-state index in [0.29, 0.717) is 16.8 Å². The Kier molecular flexibility index (Phi) is 4.37. The molecule has 2 N–H and O–H groups in total. The summed E-state index contributed by atoms with van der Waals surface area (Å²) in [5.41, 5.74) is 0.661. The molecule has 3 aromatic rings. The number of sulfonamides is 1. The molecular formula is C17H16N2O4S. The molecule has 0 radical (unpaired) electrons. The van der Waals surface area contributed by atoms with Crippen LogP contribution in [0.25, 0.3) is 10.9 Å². The number of benzene rings is 2. The monoisotopic (exact) mass is 344 g/mol. The van der Waals surface area contributed by atoms with E-state index in [9.17, 15) is 13.2 Å². The third kappa shape index (κ3) is 3.32. The summed E-state index contributed by atoms with van der Waals surface area (Å²) in [6.45, 7) is -0.0975. The number of methoxy groups -OCH3 is 1. The van der Waals surface area contributed by atoms with E-state index in [1.165, 1.54) is 12.1 Å². The molecule has 0 aliphatic heterocycles. The lowest BCUT2D eigenvalue weighted by Crippen LogP contribution is -2.26. The van der Waals surface area contributed by atoms with Crippen LogP contribution in [0.3, 0.4) is 0 Å². The summed E-state index contributed by atoms with van der Waals surface area (Å²) in [5.74, 6) is 0.658. The van der Waals surface area contributed by atoms with Crippen LogP contribution in [-0.4, -0.2) is 20.5 Å². The minimum Gasteiger partial charge on any atom is -0.497 e. The normalized spacial score (nSPS) is 11.5. The molecule has 0 bridgehead atoms. The van der Waals surface area contributed by atoms with Crippen LogP contribution in [0.1, 0.15) is 5.56 Å². The van der Waals surface area contributed by atoms with Crippen LogP contribution in [0.15, 0.2) is 64.3 Å². The molecular weight excluding hydrogens is 328 g/mol. The first-order chi connectivity index (χ1) is 11.5. The van der Waals surface area contributed by atoms with Crippen molar-refractivity contribution in [3.63, 3.8) is 0 Å². The maximum atomic E-state index is 12.2. The number of ether oxygens (including phenoxy) is 1. The van der Waals surface area contributed by atoms with E-state index in [2.05, 4.69) is 9.71 Å². The second-order valence-electron chi connectivity index (χ2n) is 5.21. The van der Waals surface area contributed by atoms with E-state index < -0.39 is 10.0 Å². The van der Waals surface area contributed by atoms with Crippen molar-refractivity contribution in [3.8, 4) is 5.75 Å². The molecule has 1 heterocycles. The van der Waals surface area contributed by atoms with Gasteiger partial charge in [0.25, 0.3) is 5.56 Å². The van der Waals surface area contributed by atoms with Crippen LogP contribution < -0.4 is 15.0 Å². The molecule has 0 amide bonds. The van der Waals surface area contributed by atoms with Gasteiger partial charge in [-0.2, -0.15) is 0 Å². The second-order valence-corrected chi connectivity index (χ2v) is 6.98. The quantitative estimate of drug-likeness (QED) is 0.741. The zero-order valence-electron chi connectivity index (χ0n) is 12.9. The number of pyridine rings is 1. The summed E-state index contributed by atoms with van der Waals surface area (Å²) in [7, 11) is -2.11. The second kappa shape index (κ2) is 6.46. The molecule has 7 heteroatoms. The maximum Gasteiger partial charge on any atom is 0.252 e. The fourth-order valence-electron chi connectivity index (χ4n) is 2.34. The number of H-pyrrole nitrogens is 1. The van der Waals surface area contributed by atoms with E-state index >= 15 is 0 Å². The number of hydrogen-bond acceptors (Lipinski definition) is 4. The topological polar surface area (TPSA) is 88.3 Å². The number of aromatic nitrogens is 1. The number of rotatable bonds is 5. The molecule has 6 nitrogen and oxygen atoms in total. The number of fused-ring (bicyclic) bond motifs is 1. The van der Waals surface area contributed by atoms with Gasteiger partial charge in [0.1, 0.15) is 5.75 Å². The Hall–Kier alpha value is -2.64. The van der Waals surface area contributed by atoms with Gasteiger partial charge in [0.05, 0.1) is 12.0 Å². The standard InChI is InChI=1S/C17H16N2O4S/c1-23-14-7-8-16-12(10-14)9-13(17(20)19-16)11-18-24(21,22)15-5-3-2-4-6-15/h2-10,18H,11H2,1H3,(H,19,20). The highest BCUT2D eigenvalue weighted by Crippen LogP contribution is 2.19. The first-order valence-electron chi connectivity index (χ1n) is 7.24. The molecule has 0 unspecified atom stereocenters. The summed E-state index contributed by atoms with van der Waals surface area (Å²) in [6.07, 6.45) is 0. The summed E-state index contributed by atoms with van der Waals surface area (Å²) >= 11 is 0. The van der Waals surface area contributed by atoms with Crippen LogP contribution in [-0.2, 0) is 16.6 Å². The fraction of sp³-hybridized carbons (Fsp3) is 0.118. The molecule has 1 aromatic heterocycles.